The minimum atomic E-state index is -0.709. The number of rotatable bonds is 4. The van der Waals surface area contributed by atoms with Crippen LogP contribution in [0.25, 0.3) is 0 Å². The van der Waals surface area contributed by atoms with Gasteiger partial charge < -0.3 is 15.2 Å². The Morgan fingerprint density at radius 3 is 2.73 bits per heavy atom. The normalized spacial score (nSPS) is 22.0. The van der Waals surface area contributed by atoms with Gasteiger partial charge in [-0.05, 0) is 42.0 Å². The highest BCUT2D eigenvalue weighted by Crippen LogP contribution is 2.36. The molecule has 0 aromatic heterocycles. The van der Waals surface area contributed by atoms with Gasteiger partial charge in [0.05, 0.1) is 25.4 Å². The van der Waals surface area contributed by atoms with E-state index in [2.05, 4.69) is 26.6 Å². The van der Waals surface area contributed by atoms with E-state index in [9.17, 15) is 9.90 Å². The topological polar surface area (TPSA) is 70.6 Å². The molecule has 0 radical (unpaired) electrons. The van der Waals surface area contributed by atoms with E-state index >= 15 is 0 Å². The fourth-order valence-corrected chi connectivity index (χ4v) is 3.80. The minimum absolute atomic E-state index is 0.0608. The lowest BCUT2D eigenvalue weighted by Gasteiger charge is -2.35. The van der Waals surface area contributed by atoms with Crippen molar-refractivity contribution in [1.29, 1.82) is 0 Å². The third kappa shape index (κ3) is 3.96. The summed E-state index contributed by atoms with van der Waals surface area (Å²) in [7, 11) is 0. The molecule has 2 atom stereocenters. The average molecular weight is 435 g/mol. The van der Waals surface area contributed by atoms with E-state index in [-0.39, 0.29) is 23.5 Å². The van der Waals surface area contributed by atoms with Crippen molar-refractivity contribution in [2.75, 3.05) is 19.8 Å². The van der Waals surface area contributed by atoms with Gasteiger partial charge in [-0.15, -0.1) is 0 Å². The fraction of sp³-hybridized carbons (Fsp3) is 0.263. The van der Waals surface area contributed by atoms with Gasteiger partial charge in [0.1, 0.15) is 0 Å². The van der Waals surface area contributed by atoms with Gasteiger partial charge in [0, 0.05) is 16.0 Å². The van der Waals surface area contributed by atoms with Crippen molar-refractivity contribution >= 4 is 39.2 Å². The van der Waals surface area contributed by atoms with Crippen LogP contribution in [0.3, 0.4) is 0 Å². The first kappa shape index (κ1) is 19.0. The lowest BCUT2D eigenvalue weighted by atomic mass is 9.81. The number of thiocarbonyl (C=S) groups is 1. The van der Waals surface area contributed by atoms with Crippen LogP contribution in [0.5, 0.6) is 0 Å². The highest BCUT2D eigenvalue weighted by atomic mass is 79.9. The van der Waals surface area contributed by atoms with Gasteiger partial charge in [-0.2, -0.15) is 0 Å². The maximum absolute atomic E-state index is 12.3. The standard InChI is InChI=1S/C19H19BrN2O3S/c20-16-8-4-7-14(9-16)19(12-25-11-15(19)10-23)22-18(26)21-17(24)13-5-2-1-3-6-13/h1-9,15,23H,10-12H2,(H2,21,22,24,26). The summed E-state index contributed by atoms with van der Waals surface area (Å²) in [6, 6.07) is 16.6. The summed E-state index contributed by atoms with van der Waals surface area (Å²) in [5.41, 5.74) is 0.744. The molecule has 136 valence electrons. The average Bonchev–Trinajstić information content (AvgIpc) is 3.06. The summed E-state index contributed by atoms with van der Waals surface area (Å²) in [6.45, 7) is 0.691. The molecule has 1 saturated heterocycles. The zero-order valence-corrected chi connectivity index (χ0v) is 16.3. The number of ether oxygens (including phenoxy) is 1. The molecule has 0 aliphatic carbocycles. The number of benzene rings is 2. The molecule has 0 bridgehead atoms. The zero-order valence-electron chi connectivity index (χ0n) is 13.9. The number of carbonyl (C=O) groups is 1. The Morgan fingerprint density at radius 2 is 2.04 bits per heavy atom. The van der Waals surface area contributed by atoms with Gasteiger partial charge in [0.25, 0.3) is 5.91 Å². The summed E-state index contributed by atoms with van der Waals surface area (Å²) < 4.78 is 6.55. The smallest absolute Gasteiger partial charge is 0.257 e. The highest BCUT2D eigenvalue weighted by Gasteiger charge is 2.46. The molecule has 3 rings (SSSR count). The first-order valence-corrected chi connectivity index (χ1v) is 9.38. The van der Waals surface area contributed by atoms with Gasteiger partial charge in [-0.3, -0.25) is 10.1 Å². The van der Waals surface area contributed by atoms with Gasteiger partial charge >= 0.3 is 0 Å². The van der Waals surface area contributed by atoms with Crippen LogP contribution in [0, 0.1) is 5.92 Å². The highest BCUT2D eigenvalue weighted by molar-refractivity contribution is 9.10. The number of amides is 1. The largest absolute Gasteiger partial charge is 0.396 e. The Balaban J connectivity index is 1.82. The number of aliphatic hydroxyl groups is 1. The first-order valence-electron chi connectivity index (χ1n) is 8.18. The van der Waals surface area contributed by atoms with Crippen LogP contribution in [-0.4, -0.2) is 35.9 Å². The van der Waals surface area contributed by atoms with Crippen LogP contribution in [0.2, 0.25) is 0 Å². The van der Waals surface area contributed by atoms with Crippen molar-refractivity contribution in [3.63, 3.8) is 0 Å². The van der Waals surface area contributed by atoms with Crippen molar-refractivity contribution in [2.45, 2.75) is 5.54 Å². The van der Waals surface area contributed by atoms with Crippen molar-refractivity contribution in [1.82, 2.24) is 10.6 Å². The molecule has 2 aromatic carbocycles. The Labute approximate surface area is 165 Å². The molecule has 2 aromatic rings. The Bertz CT molecular complexity index is 802. The molecule has 1 aliphatic heterocycles. The molecule has 3 N–H and O–H groups in total. The Kier molecular flexibility index (Phi) is 6.03. The number of aliphatic hydroxyl groups excluding tert-OH is 1. The predicted molar refractivity (Wildman–Crippen MR) is 107 cm³/mol. The van der Waals surface area contributed by atoms with Gasteiger partial charge in [-0.25, -0.2) is 0 Å². The summed E-state index contributed by atoms with van der Waals surface area (Å²) >= 11 is 8.86. The first-order chi connectivity index (χ1) is 12.5. The van der Waals surface area contributed by atoms with Crippen LogP contribution >= 0.6 is 28.1 Å². The molecule has 1 fully saturated rings. The number of carbonyl (C=O) groups excluding carboxylic acids is 1. The van der Waals surface area contributed by atoms with E-state index in [4.69, 9.17) is 17.0 Å². The van der Waals surface area contributed by atoms with E-state index in [0.717, 1.165) is 10.0 Å². The Morgan fingerprint density at radius 1 is 1.27 bits per heavy atom. The van der Waals surface area contributed by atoms with Crippen molar-refractivity contribution < 1.29 is 14.6 Å². The number of halogens is 1. The van der Waals surface area contributed by atoms with E-state index < -0.39 is 5.54 Å². The second kappa shape index (κ2) is 8.26. The summed E-state index contributed by atoms with van der Waals surface area (Å²) in [5, 5.41) is 16.0. The SMILES string of the molecule is O=C(NC(=S)NC1(c2cccc(Br)c2)COCC1CO)c1ccccc1. The van der Waals surface area contributed by atoms with Crippen LogP contribution in [0.4, 0.5) is 0 Å². The van der Waals surface area contributed by atoms with Crippen molar-refractivity contribution in [3.05, 3.63) is 70.2 Å². The monoisotopic (exact) mass is 434 g/mol. The van der Waals surface area contributed by atoms with Crippen LogP contribution in [0.1, 0.15) is 15.9 Å². The third-order valence-corrected chi connectivity index (χ3v) is 5.20. The Hall–Kier alpha value is -1.80. The van der Waals surface area contributed by atoms with E-state index in [1.165, 1.54) is 0 Å². The van der Waals surface area contributed by atoms with Gasteiger partial charge in [0.15, 0.2) is 5.11 Å². The second-order valence-corrected chi connectivity index (χ2v) is 7.47. The molecular weight excluding hydrogens is 416 g/mol. The number of nitrogens with one attached hydrogen (secondary N) is 2. The molecule has 5 nitrogen and oxygen atoms in total. The van der Waals surface area contributed by atoms with E-state index in [1.54, 1.807) is 24.3 Å². The molecular formula is C19H19BrN2O3S. The summed E-state index contributed by atoms with van der Waals surface area (Å²) in [6.07, 6.45) is 0. The molecule has 2 unspecified atom stereocenters. The molecule has 1 heterocycles. The van der Waals surface area contributed by atoms with Gasteiger partial charge in [0.2, 0.25) is 0 Å². The fourth-order valence-electron chi connectivity index (χ4n) is 3.12. The van der Waals surface area contributed by atoms with Crippen molar-refractivity contribution in [3.8, 4) is 0 Å². The summed E-state index contributed by atoms with van der Waals surface area (Å²) in [4.78, 5) is 12.3. The maximum Gasteiger partial charge on any atom is 0.257 e. The third-order valence-electron chi connectivity index (χ3n) is 4.51. The quantitative estimate of drug-likeness (QED) is 0.645. The van der Waals surface area contributed by atoms with E-state index in [0.29, 0.717) is 18.8 Å². The van der Waals surface area contributed by atoms with Crippen molar-refractivity contribution in [2.24, 2.45) is 5.92 Å². The lowest BCUT2D eigenvalue weighted by Crippen LogP contribution is -2.55. The van der Waals surface area contributed by atoms with Gasteiger partial charge in [-0.1, -0.05) is 46.3 Å². The minimum Gasteiger partial charge on any atom is -0.396 e. The van der Waals surface area contributed by atoms with Crippen LogP contribution in [-0.2, 0) is 10.3 Å². The second-order valence-electron chi connectivity index (χ2n) is 6.15. The molecule has 1 aliphatic rings. The molecule has 0 spiro atoms. The summed E-state index contributed by atoms with van der Waals surface area (Å²) in [5.74, 6) is -0.477. The number of hydrogen-bond donors (Lipinski definition) is 3. The molecule has 0 saturated carbocycles. The number of hydrogen-bond acceptors (Lipinski definition) is 4. The predicted octanol–water partition coefficient (Wildman–Crippen LogP) is 2.59. The molecule has 26 heavy (non-hydrogen) atoms. The van der Waals surface area contributed by atoms with Crippen LogP contribution in [0.15, 0.2) is 59.1 Å². The molecule has 1 amide bonds. The van der Waals surface area contributed by atoms with E-state index in [1.807, 2.05) is 30.3 Å². The maximum atomic E-state index is 12.3. The molecule has 7 heteroatoms. The zero-order chi connectivity index (χ0) is 18.6. The lowest BCUT2D eigenvalue weighted by molar-refractivity contribution is 0.0974. The van der Waals surface area contributed by atoms with Crippen LogP contribution < -0.4 is 10.6 Å².